The normalized spacial score (nSPS) is 10.5. The molecule has 0 spiro atoms. The zero-order valence-electron chi connectivity index (χ0n) is 7.89. The molecule has 0 bridgehead atoms. The Kier molecular flexibility index (Phi) is 11.6. The summed E-state index contributed by atoms with van der Waals surface area (Å²) in [6, 6.07) is 7.95. The summed E-state index contributed by atoms with van der Waals surface area (Å²) in [5.41, 5.74) is 13.2. The standard InChI is InChI=1S/C8H12N2.4HI.Sn/c9-5-7-3-1-2-4-8(7)6-10;;;;;/h1-4H,5-6,9-10H2;4*1H;/q;;;;;+4/p-4. The van der Waals surface area contributed by atoms with Gasteiger partial charge in [-0.3, -0.25) is 0 Å². The Morgan fingerprint density at radius 2 is 1.13 bits per heavy atom. The molecule has 4 N–H and O–H groups in total. The summed E-state index contributed by atoms with van der Waals surface area (Å²) in [5.74, 6) is 0. The monoisotopic (exact) mass is 764 g/mol. The van der Waals surface area contributed by atoms with Crippen LogP contribution in [0.15, 0.2) is 24.3 Å². The molecule has 0 unspecified atom stereocenters. The SMILES string of the molecule is NCc1ccccc1CN.[I][Sn]([I])([I])[I]. The Labute approximate surface area is 134 Å². The molecule has 0 fully saturated rings. The number of halogens is 4. The van der Waals surface area contributed by atoms with E-state index >= 15 is 0 Å². The fourth-order valence-corrected chi connectivity index (χ4v) is 0.956. The Morgan fingerprint density at radius 3 is 1.33 bits per heavy atom. The van der Waals surface area contributed by atoms with E-state index in [1.165, 1.54) is 0 Å². The van der Waals surface area contributed by atoms with Crippen LogP contribution >= 0.6 is 74.5 Å². The van der Waals surface area contributed by atoms with Gasteiger partial charge in [-0.1, -0.05) is 24.3 Å². The fraction of sp³-hybridized carbons (Fsp3) is 0.250. The fourth-order valence-electron chi connectivity index (χ4n) is 0.956. The van der Waals surface area contributed by atoms with E-state index in [-0.39, 0.29) is 0 Å². The molecule has 0 saturated carbocycles. The minimum absolute atomic E-state index is 0.577. The molecular formula is C8H12I4N2Sn. The van der Waals surface area contributed by atoms with E-state index in [9.17, 15) is 0 Å². The van der Waals surface area contributed by atoms with Gasteiger partial charge in [0, 0.05) is 13.1 Å². The van der Waals surface area contributed by atoms with E-state index in [1.54, 1.807) is 0 Å². The summed E-state index contributed by atoms with van der Waals surface area (Å²) in [4.78, 5) is 0. The van der Waals surface area contributed by atoms with Gasteiger partial charge in [-0.05, 0) is 11.1 Å². The predicted octanol–water partition coefficient (Wildman–Crippen LogP) is 3.77. The molecule has 0 aromatic heterocycles. The first-order valence-corrected chi connectivity index (χ1v) is 37.4. The minimum atomic E-state index is -1.30. The Morgan fingerprint density at radius 1 is 0.867 bits per heavy atom. The molecule has 0 saturated heterocycles. The second-order valence-corrected chi connectivity index (χ2v) is 132. The van der Waals surface area contributed by atoms with Crippen LogP contribution < -0.4 is 11.5 Å². The van der Waals surface area contributed by atoms with Gasteiger partial charge in [0.25, 0.3) is 0 Å². The molecule has 86 valence electrons. The van der Waals surface area contributed by atoms with Crippen molar-refractivity contribution in [3.63, 3.8) is 0 Å². The van der Waals surface area contributed by atoms with E-state index < -0.39 is 2.50 Å². The molecule has 0 aliphatic carbocycles. The molecule has 0 radical (unpaired) electrons. The Hall–Kier alpha value is 2.86. The maximum atomic E-state index is 5.47. The number of hydrogen-bond donors (Lipinski definition) is 2. The quantitative estimate of drug-likeness (QED) is 0.357. The number of rotatable bonds is 2. The van der Waals surface area contributed by atoms with Gasteiger partial charge in [0.1, 0.15) is 0 Å². The van der Waals surface area contributed by atoms with E-state index in [1.807, 2.05) is 24.3 Å². The summed E-state index contributed by atoms with van der Waals surface area (Å²) < 4.78 is -1.30. The van der Waals surface area contributed by atoms with Crippen molar-refractivity contribution in [2.24, 2.45) is 11.5 Å². The van der Waals surface area contributed by atoms with Gasteiger partial charge >= 0.3 is 77.0 Å². The molecule has 0 atom stereocenters. The van der Waals surface area contributed by atoms with Gasteiger partial charge in [0.2, 0.25) is 0 Å². The predicted molar refractivity (Wildman–Crippen MR) is 104 cm³/mol. The molecule has 1 aromatic carbocycles. The first-order valence-electron chi connectivity index (χ1n) is 4.11. The van der Waals surface area contributed by atoms with Crippen LogP contribution in [-0.2, 0) is 13.1 Å². The maximum absolute atomic E-state index is 5.47. The van der Waals surface area contributed by atoms with Crippen molar-refractivity contribution in [1.82, 2.24) is 0 Å². The molecule has 1 aromatic rings. The summed E-state index contributed by atoms with van der Waals surface area (Å²) in [6.07, 6.45) is 0. The average molecular weight is 763 g/mol. The third-order valence-electron chi connectivity index (χ3n) is 1.56. The van der Waals surface area contributed by atoms with Crippen LogP contribution in [0.2, 0.25) is 0 Å². The molecule has 15 heavy (non-hydrogen) atoms. The Bertz CT molecular complexity index is 261. The van der Waals surface area contributed by atoms with E-state index in [2.05, 4.69) is 74.5 Å². The molecule has 0 aliphatic rings. The summed E-state index contributed by atoms with van der Waals surface area (Å²) in [6.45, 7) is 1.15. The van der Waals surface area contributed by atoms with E-state index in [0.717, 1.165) is 11.1 Å². The molecule has 0 aliphatic heterocycles. The van der Waals surface area contributed by atoms with Crippen LogP contribution in [0.4, 0.5) is 0 Å². The second kappa shape index (κ2) is 9.75. The van der Waals surface area contributed by atoms with Gasteiger partial charge in [-0.25, -0.2) is 0 Å². The van der Waals surface area contributed by atoms with Crippen LogP contribution in [0.25, 0.3) is 0 Å². The van der Waals surface area contributed by atoms with E-state index in [0.29, 0.717) is 13.1 Å². The molecule has 0 amide bonds. The third-order valence-corrected chi connectivity index (χ3v) is 1.56. The van der Waals surface area contributed by atoms with Gasteiger partial charge in [0.15, 0.2) is 0 Å². The van der Waals surface area contributed by atoms with Gasteiger partial charge in [-0.15, -0.1) is 0 Å². The third kappa shape index (κ3) is 11.7. The van der Waals surface area contributed by atoms with Crippen LogP contribution in [0, 0.1) is 0 Å². The molecule has 0 heterocycles. The van der Waals surface area contributed by atoms with Crippen molar-refractivity contribution in [1.29, 1.82) is 0 Å². The van der Waals surface area contributed by atoms with E-state index in [4.69, 9.17) is 11.5 Å². The van der Waals surface area contributed by atoms with Crippen molar-refractivity contribution in [3.8, 4) is 0 Å². The zero-order chi connectivity index (χ0) is 11.9. The summed E-state index contributed by atoms with van der Waals surface area (Å²) in [7, 11) is 0. The molecule has 2 nitrogen and oxygen atoms in total. The van der Waals surface area contributed by atoms with Crippen molar-refractivity contribution in [2.75, 3.05) is 0 Å². The van der Waals surface area contributed by atoms with Crippen LogP contribution in [0.3, 0.4) is 0 Å². The number of benzene rings is 1. The average Bonchev–Trinajstić information content (AvgIpc) is 2.15. The van der Waals surface area contributed by atoms with Crippen molar-refractivity contribution >= 4 is 77.0 Å². The zero-order valence-corrected chi connectivity index (χ0v) is 19.4. The summed E-state index contributed by atoms with van der Waals surface area (Å²) in [5, 5.41) is 0. The Balaban J connectivity index is 0.000000336. The molecule has 1 rings (SSSR count). The first kappa shape index (κ1) is 17.9. The van der Waals surface area contributed by atoms with Crippen molar-refractivity contribution < 1.29 is 0 Å². The second-order valence-electron chi connectivity index (χ2n) is 2.61. The van der Waals surface area contributed by atoms with Crippen molar-refractivity contribution in [2.45, 2.75) is 13.1 Å². The number of nitrogens with two attached hydrogens (primary N) is 2. The van der Waals surface area contributed by atoms with Gasteiger partial charge in [-0.2, -0.15) is 0 Å². The van der Waals surface area contributed by atoms with Crippen molar-refractivity contribution in [3.05, 3.63) is 35.4 Å². The van der Waals surface area contributed by atoms with Crippen LogP contribution in [-0.4, -0.2) is 2.50 Å². The van der Waals surface area contributed by atoms with Gasteiger partial charge in [0.05, 0.1) is 0 Å². The first-order chi connectivity index (χ1) is 6.88. The molecule has 7 heteroatoms. The summed E-state index contributed by atoms with van der Waals surface area (Å²) >= 11 is 10.2. The van der Waals surface area contributed by atoms with Gasteiger partial charge < -0.3 is 11.5 Å². The topological polar surface area (TPSA) is 52.0 Å². The molecular weight excluding hydrogens is 750 g/mol. The number of hydrogen-bond acceptors (Lipinski definition) is 2. The van der Waals surface area contributed by atoms with Crippen LogP contribution in [0.1, 0.15) is 11.1 Å². The van der Waals surface area contributed by atoms with Crippen LogP contribution in [0.5, 0.6) is 0 Å².